The predicted octanol–water partition coefficient (Wildman–Crippen LogP) is 5.74. The number of nitrogens with zero attached hydrogens (tertiary/aromatic N) is 2. The Hall–Kier alpha value is -3.54. The van der Waals surface area contributed by atoms with Crippen LogP contribution in [0.1, 0.15) is 33.3 Å². The van der Waals surface area contributed by atoms with E-state index in [1.54, 1.807) is 0 Å². The second-order valence-corrected chi connectivity index (χ2v) is 8.92. The molecule has 3 N–H and O–H groups in total. The quantitative estimate of drug-likeness (QED) is 0.654. The van der Waals surface area contributed by atoms with Crippen molar-refractivity contribution in [3.8, 4) is 0 Å². The first-order chi connectivity index (χ1) is 14.6. The van der Waals surface area contributed by atoms with Gasteiger partial charge in [-0.25, -0.2) is 9.79 Å². The van der Waals surface area contributed by atoms with E-state index in [0.29, 0.717) is 5.69 Å². The number of carbonyl (C=O) groups excluding carboxylic acids is 1. The van der Waals surface area contributed by atoms with E-state index < -0.39 is 11.7 Å². The lowest BCUT2D eigenvalue weighted by Crippen LogP contribution is -2.40. The molecule has 0 aromatic heterocycles. The topological polar surface area (TPSA) is 80.0 Å². The van der Waals surface area contributed by atoms with E-state index in [-0.39, 0.29) is 6.04 Å². The highest BCUT2D eigenvalue weighted by Crippen LogP contribution is 2.44. The molecule has 0 saturated heterocycles. The molecule has 31 heavy (non-hydrogen) atoms. The number of aliphatic imine (C=N–C) groups is 1. The van der Waals surface area contributed by atoms with Crippen LogP contribution in [0, 0.1) is 6.92 Å². The second-order valence-electron chi connectivity index (χ2n) is 8.92. The number of aryl methyl sites for hydroxylation is 1. The van der Waals surface area contributed by atoms with Crippen molar-refractivity contribution < 1.29 is 9.53 Å². The Kier molecular flexibility index (Phi) is 5.09. The average Bonchev–Trinajstić information content (AvgIpc) is 2.68. The summed E-state index contributed by atoms with van der Waals surface area (Å²) in [7, 11) is 0. The van der Waals surface area contributed by atoms with Crippen LogP contribution in [0.25, 0.3) is 0 Å². The molecule has 1 aliphatic heterocycles. The third-order valence-corrected chi connectivity index (χ3v) is 5.24. The van der Waals surface area contributed by atoms with E-state index in [4.69, 9.17) is 15.5 Å². The smallest absolute Gasteiger partial charge is 0.412 e. The zero-order chi connectivity index (χ0) is 22.3. The maximum absolute atomic E-state index is 12.4. The molecular weight excluding hydrogens is 388 g/mol. The fourth-order valence-corrected chi connectivity index (χ4v) is 3.77. The van der Waals surface area contributed by atoms with Gasteiger partial charge in [0, 0.05) is 17.1 Å². The first-order valence-corrected chi connectivity index (χ1v) is 10.4. The summed E-state index contributed by atoms with van der Waals surface area (Å²) in [5, 5.41) is 2.89. The Bertz CT molecular complexity index is 1120. The van der Waals surface area contributed by atoms with Crippen LogP contribution in [0.5, 0.6) is 0 Å². The van der Waals surface area contributed by atoms with E-state index in [1.165, 1.54) is 0 Å². The van der Waals surface area contributed by atoms with Crippen LogP contribution in [0.4, 0.5) is 27.5 Å². The number of hydrogen-bond acceptors (Lipinski definition) is 5. The predicted molar refractivity (Wildman–Crippen MR) is 127 cm³/mol. The number of carbonyl (C=O) groups is 1. The summed E-state index contributed by atoms with van der Waals surface area (Å²) < 4.78 is 5.44. The molecule has 2 aromatic rings. The van der Waals surface area contributed by atoms with Crippen LogP contribution in [0.15, 0.2) is 70.9 Å². The van der Waals surface area contributed by atoms with Crippen molar-refractivity contribution in [2.24, 2.45) is 10.7 Å². The number of benzene rings is 2. The maximum atomic E-state index is 12.4. The highest BCUT2D eigenvalue weighted by atomic mass is 16.6. The molecule has 0 radical (unpaired) electrons. The number of ether oxygens (including phenoxy) is 1. The van der Waals surface area contributed by atoms with Gasteiger partial charge in [0.1, 0.15) is 5.60 Å². The zero-order valence-corrected chi connectivity index (χ0v) is 18.6. The summed E-state index contributed by atoms with van der Waals surface area (Å²) >= 11 is 0. The molecule has 1 unspecified atom stereocenters. The van der Waals surface area contributed by atoms with Gasteiger partial charge in [0.05, 0.1) is 23.1 Å². The number of anilines is 3. The standard InChI is InChI=1S/C25H28N4O2/c1-15-11-20-22(13-18(15)26)29(17-9-7-6-8-10-17)23-14-19(16(2)12-21(23)27-20)28-24(30)31-25(3,4)5/h6-14,22H,26H2,1-5H3,(H,28,30). The Morgan fingerprint density at radius 3 is 2.55 bits per heavy atom. The minimum Gasteiger partial charge on any atom is -0.444 e. The zero-order valence-electron chi connectivity index (χ0n) is 18.6. The Labute approximate surface area is 183 Å². The molecule has 160 valence electrons. The van der Waals surface area contributed by atoms with Gasteiger partial charge in [-0.1, -0.05) is 18.2 Å². The van der Waals surface area contributed by atoms with Gasteiger partial charge in [0.15, 0.2) is 0 Å². The Morgan fingerprint density at radius 1 is 1.16 bits per heavy atom. The van der Waals surface area contributed by atoms with Crippen molar-refractivity contribution in [2.45, 2.75) is 46.3 Å². The molecule has 0 spiro atoms. The van der Waals surface area contributed by atoms with Gasteiger partial charge < -0.3 is 15.4 Å². The molecule has 1 amide bonds. The number of para-hydroxylation sites is 1. The second kappa shape index (κ2) is 7.61. The van der Waals surface area contributed by atoms with Crippen molar-refractivity contribution in [3.63, 3.8) is 0 Å². The molecule has 0 fully saturated rings. The van der Waals surface area contributed by atoms with Crippen LogP contribution in [0.2, 0.25) is 0 Å². The molecule has 1 heterocycles. The number of rotatable bonds is 2. The summed E-state index contributed by atoms with van der Waals surface area (Å²) in [6, 6.07) is 13.9. The summed E-state index contributed by atoms with van der Waals surface area (Å²) in [5.74, 6) is 0. The lowest BCUT2D eigenvalue weighted by atomic mass is 9.94. The SMILES string of the molecule is CC1=CC2=Nc3cc(C)c(NC(=O)OC(C)(C)C)cc3N(c3ccccc3)C2C=C1N. The number of nitrogens with one attached hydrogen (secondary N) is 1. The van der Waals surface area contributed by atoms with Gasteiger partial charge in [-0.05, 0) is 82.2 Å². The van der Waals surface area contributed by atoms with Crippen molar-refractivity contribution >= 4 is 34.6 Å². The summed E-state index contributed by atoms with van der Waals surface area (Å²) in [4.78, 5) is 19.5. The summed E-state index contributed by atoms with van der Waals surface area (Å²) in [6.45, 7) is 9.47. The van der Waals surface area contributed by atoms with Crippen molar-refractivity contribution in [2.75, 3.05) is 10.2 Å². The van der Waals surface area contributed by atoms with Crippen LogP contribution in [0.3, 0.4) is 0 Å². The van der Waals surface area contributed by atoms with Gasteiger partial charge >= 0.3 is 6.09 Å². The first kappa shape index (κ1) is 20.7. The van der Waals surface area contributed by atoms with Crippen molar-refractivity contribution in [1.82, 2.24) is 0 Å². The molecule has 0 saturated carbocycles. The first-order valence-electron chi connectivity index (χ1n) is 10.4. The van der Waals surface area contributed by atoms with Crippen molar-refractivity contribution in [3.05, 3.63) is 71.5 Å². The maximum Gasteiger partial charge on any atom is 0.412 e. The van der Waals surface area contributed by atoms with Crippen LogP contribution >= 0.6 is 0 Å². The van der Waals surface area contributed by atoms with E-state index in [1.807, 2.05) is 77.1 Å². The molecule has 6 nitrogen and oxygen atoms in total. The monoisotopic (exact) mass is 416 g/mol. The number of allylic oxidation sites excluding steroid dienone is 1. The highest BCUT2D eigenvalue weighted by molar-refractivity contribution is 6.11. The fraction of sp³-hybridized carbons (Fsp3) is 0.280. The van der Waals surface area contributed by atoms with E-state index >= 15 is 0 Å². The number of nitrogens with two attached hydrogens (primary N) is 1. The number of fused-ring (bicyclic) bond motifs is 2. The third kappa shape index (κ3) is 4.19. The fourth-order valence-electron chi connectivity index (χ4n) is 3.77. The molecule has 0 bridgehead atoms. The number of amides is 1. The van der Waals surface area contributed by atoms with Gasteiger partial charge in [0.25, 0.3) is 0 Å². The van der Waals surface area contributed by atoms with E-state index in [0.717, 1.165) is 39.6 Å². The lowest BCUT2D eigenvalue weighted by Gasteiger charge is -2.38. The third-order valence-electron chi connectivity index (χ3n) is 5.24. The summed E-state index contributed by atoms with van der Waals surface area (Å²) in [5.41, 5.74) is 12.7. The number of hydrogen-bond donors (Lipinski definition) is 2. The Morgan fingerprint density at radius 2 is 1.87 bits per heavy atom. The Balaban J connectivity index is 1.82. The van der Waals surface area contributed by atoms with Crippen LogP contribution in [-0.4, -0.2) is 23.4 Å². The largest absolute Gasteiger partial charge is 0.444 e. The van der Waals surface area contributed by atoms with Gasteiger partial charge in [0.2, 0.25) is 0 Å². The molecule has 2 aliphatic rings. The minimum atomic E-state index is -0.573. The molecule has 1 aliphatic carbocycles. The minimum absolute atomic E-state index is 0.129. The van der Waals surface area contributed by atoms with Crippen LogP contribution in [-0.2, 0) is 4.74 Å². The normalized spacial score (nSPS) is 17.6. The van der Waals surface area contributed by atoms with Gasteiger partial charge in [-0.2, -0.15) is 0 Å². The average molecular weight is 417 g/mol. The lowest BCUT2D eigenvalue weighted by molar-refractivity contribution is 0.0636. The van der Waals surface area contributed by atoms with E-state index in [9.17, 15) is 4.79 Å². The molecule has 1 atom stereocenters. The molecule has 6 heteroatoms. The van der Waals surface area contributed by atoms with Crippen molar-refractivity contribution in [1.29, 1.82) is 0 Å². The van der Waals surface area contributed by atoms with E-state index in [2.05, 4.69) is 22.3 Å². The van der Waals surface area contributed by atoms with Gasteiger partial charge in [-0.3, -0.25) is 5.32 Å². The highest BCUT2D eigenvalue weighted by Gasteiger charge is 2.32. The van der Waals surface area contributed by atoms with Gasteiger partial charge in [-0.15, -0.1) is 0 Å². The molecule has 2 aromatic carbocycles. The molecule has 4 rings (SSSR count). The van der Waals surface area contributed by atoms with Crippen LogP contribution < -0.4 is 16.0 Å². The summed E-state index contributed by atoms with van der Waals surface area (Å²) in [6.07, 6.45) is 3.59. The molecular formula is C25H28N4O2.